The molecule has 1 fully saturated rings. The SMILES string of the molecule is CCC(=O)OC(OC)C(=O)OC(=O)C1CCC1. The molecule has 1 atom stereocenters. The van der Waals surface area contributed by atoms with Gasteiger partial charge >= 0.3 is 24.2 Å². The topological polar surface area (TPSA) is 78.9 Å². The minimum absolute atomic E-state index is 0.115. The number of hydrogen-bond donors (Lipinski definition) is 0. The average molecular weight is 244 g/mol. The highest BCUT2D eigenvalue weighted by molar-refractivity contribution is 5.89. The van der Waals surface area contributed by atoms with Crippen molar-refractivity contribution in [1.82, 2.24) is 0 Å². The molecule has 1 rings (SSSR count). The van der Waals surface area contributed by atoms with Crippen LogP contribution in [-0.4, -0.2) is 31.3 Å². The smallest absolute Gasteiger partial charge is 0.384 e. The van der Waals surface area contributed by atoms with Gasteiger partial charge in [0.1, 0.15) is 0 Å². The van der Waals surface area contributed by atoms with Crippen molar-refractivity contribution in [1.29, 1.82) is 0 Å². The molecular formula is C11H16O6. The van der Waals surface area contributed by atoms with Gasteiger partial charge in [0.2, 0.25) is 0 Å². The molecule has 0 aromatic heterocycles. The van der Waals surface area contributed by atoms with E-state index in [4.69, 9.17) is 0 Å². The molecule has 0 radical (unpaired) electrons. The van der Waals surface area contributed by atoms with Crippen molar-refractivity contribution < 1.29 is 28.6 Å². The van der Waals surface area contributed by atoms with Crippen LogP contribution in [0.25, 0.3) is 0 Å². The van der Waals surface area contributed by atoms with E-state index < -0.39 is 24.2 Å². The predicted molar refractivity (Wildman–Crippen MR) is 55.6 cm³/mol. The van der Waals surface area contributed by atoms with Gasteiger partial charge in [0.25, 0.3) is 0 Å². The minimum Gasteiger partial charge on any atom is -0.424 e. The van der Waals surface area contributed by atoms with Crippen molar-refractivity contribution in [3.63, 3.8) is 0 Å². The van der Waals surface area contributed by atoms with Crippen LogP contribution in [0.5, 0.6) is 0 Å². The first-order valence-corrected chi connectivity index (χ1v) is 5.56. The van der Waals surface area contributed by atoms with Gasteiger partial charge in [0, 0.05) is 13.5 Å². The number of rotatable bonds is 5. The van der Waals surface area contributed by atoms with Crippen LogP contribution in [0.2, 0.25) is 0 Å². The molecular weight excluding hydrogens is 228 g/mol. The molecule has 0 bridgehead atoms. The van der Waals surface area contributed by atoms with E-state index in [2.05, 4.69) is 14.2 Å². The van der Waals surface area contributed by atoms with Crippen LogP contribution in [0.3, 0.4) is 0 Å². The van der Waals surface area contributed by atoms with E-state index in [9.17, 15) is 14.4 Å². The summed E-state index contributed by atoms with van der Waals surface area (Å²) in [6.45, 7) is 1.58. The molecule has 6 nitrogen and oxygen atoms in total. The summed E-state index contributed by atoms with van der Waals surface area (Å²) in [4.78, 5) is 33.8. The number of hydrogen-bond acceptors (Lipinski definition) is 6. The van der Waals surface area contributed by atoms with E-state index in [1.54, 1.807) is 6.92 Å². The number of ether oxygens (including phenoxy) is 3. The van der Waals surface area contributed by atoms with Gasteiger partial charge in [-0.15, -0.1) is 0 Å². The highest BCUT2D eigenvalue weighted by atomic mass is 16.7. The highest BCUT2D eigenvalue weighted by Crippen LogP contribution is 2.27. The van der Waals surface area contributed by atoms with Crippen molar-refractivity contribution in [2.75, 3.05) is 7.11 Å². The fraction of sp³-hybridized carbons (Fsp3) is 0.727. The van der Waals surface area contributed by atoms with Crippen molar-refractivity contribution in [2.45, 2.75) is 38.9 Å². The second-order valence-corrected chi connectivity index (χ2v) is 3.78. The van der Waals surface area contributed by atoms with Crippen LogP contribution in [0, 0.1) is 5.92 Å². The van der Waals surface area contributed by atoms with Gasteiger partial charge in [0.15, 0.2) is 0 Å². The molecule has 0 saturated heterocycles. The second-order valence-electron chi connectivity index (χ2n) is 3.78. The van der Waals surface area contributed by atoms with Gasteiger partial charge in [-0.1, -0.05) is 13.3 Å². The summed E-state index contributed by atoms with van der Waals surface area (Å²) >= 11 is 0. The summed E-state index contributed by atoms with van der Waals surface area (Å²) in [6.07, 6.45) is 1.08. The fourth-order valence-electron chi connectivity index (χ4n) is 1.27. The van der Waals surface area contributed by atoms with Gasteiger partial charge in [-0.25, -0.2) is 4.79 Å². The Hall–Kier alpha value is -1.43. The van der Waals surface area contributed by atoms with E-state index in [1.165, 1.54) is 7.11 Å². The zero-order chi connectivity index (χ0) is 12.8. The van der Waals surface area contributed by atoms with Crippen LogP contribution < -0.4 is 0 Å². The maximum atomic E-state index is 11.4. The molecule has 17 heavy (non-hydrogen) atoms. The standard InChI is InChI=1S/C11H16O6/c1-3-8(12)16-11(15-2)10(14)17-9(13)7-5-4-6-7/h7,11H,3-6H2,1-2H3. The summed E-state index contributed by atoms with van der Waals surface area (Å²) in [5.74, 6) is -2.36. The third-order valence-electron chi connectivity index (χ3n) is 2.57. The number of methoxy groups -OCH3 is 1. The molecule has 0 heterocycles. The molecule has 6 heteroatoms. The molecule has 0 aliphatic heterocycles. The van der Waals surface area contributed by atoms with Crippen molar-refractivity contribution in [3.05, 3.63) is 0 Å². The first kappa shape index (κ1) is 13.6. The lowest BCUT2D eigenvalue weighted by atomic mass is 9.86. The highest BCUT2D eigenvalue weighted by Gasteiger charge is 2.32. The molecule has 1 unspecified atom stereocenters. The zero-order valence-electron chi connectivity index (χ0n) is 9.93. The number of carbonyl (C=O) groups is 3. The zero-order valence-corrected chi connectivity index (χ0v) is 9.93. The second kappa shape index (κ2) is 6.34. The molecule has 0 aromatic rings. The lowest BCUT2D eigenvalue weighted by molar-refractivity contribution is -0.199. The Morgan fingerprint density at radius 3 is 2.35 bits per heavy atom. The Morgan fingerprint density at radius 1 is 1.29 bits per heavy atom. The number of esters is 3. The lowest BCUT2D eigenvalue weighted by Gasteiger charge is -2.23. The van der Waals surface area contributed by atoms with Gasteiger partial charge in [-0.3, -0.25) is 9.59 Å². The van der Waals surface area contributed by atoms with Crippen molar-refractivity contribution >= 4 is 17.9 Å². The maximum Gasteiger partial charge on any atom is 0.384 e. The summed E-state index contributed by atoms with van der Waals surface area (Å²) in [7, 11) is 1.20. The molecule has 1 aliphatic carbocycles. The van der Waals surface area contributed by atoms with Gasteiger partial charge in [-0.05, 0) is 12.8 Å². The quantitative estimate of drug-likeness (QED) is 0.404. The molecule has 0 N–H and O–H groups in total. The van der Waals surface area contributed by atoms with Crippen LogP contribution >= 0.6 is 0 Å². The lowest BCUT2D eigenvalue weighted by Crippen LogP contribution is -2.35. The average Bonchev–Trinajstić information content (AvgIpc) is 2.22. The van der Waals surface area contributed by atoms with Crippen LogP contribution in [0.1, 0.15) is 32.6 Å². The molecule has 0 spiro atoms. The summed E-state index contributed by atoms with van der Waals surface area (Å²) in [5.41, 5.74) is 0. The van der Waals surface area contributed by atoms with Gasteiger partial charge in [-0.2, -0.15) is 0 Å². The Morgan fingerprint density at radius 2 is 1.94 bits per heavy atom. The largest absolute Gasteiger partial charge is 0.424 e. The van der Waals surface area contributed by atoms with E-state index in [1.807, 2.05) is 0 Å². The van der Waals surface area contributed by atoms with Crippen LogP contribution in [-0.2, 0) is 28.6 Å². The van der Waals surface area contributed by atoms with Gasteiger partial charge in [0.05, 0.1) is 5.92 Å². The summed E-state index contributed by atoms with van der Waals surface area (Å²) in [5, 5.41) is 0. The minimum atomic E-state index is -1.47. The fourth-order valence-corrected chi connectivity index (χ4v) is 1.27. The summed E-state index contributed by atoms with van der Waals surface area (Å²) in [6, 6.07) is 0. The third kappa shape index (κ3) is 3.81. The van der Waals surface area contributed by atoms with E-state index in [0.717, 1.165) is 19.3 Å². The van der Waals surface area contributed by atoms with Gasteiger partial charge < -0.3 is 14.2 Å². The van der Waals surface area contributed by atoms with E-state index in [-0.39, 0.29) is 12.3 Å². The van der Waals surface area contributed by atoms with E-state index >= 15 is 0 Å². The number of carbonyl (C=O) groups excluding carboxylic acids is 3. The normalized spacial score (nSPS) is 16.8. The van der Waals surface area contributed by atoms with Crippen molar-refractivity contribution in [2.24, 2.45) is 5.92 Å². The molecule has 0 aromatic carbocycles. The Labute approximate surface area is 99.2 Å². The molecule has 0 amide bonds. The predicted octanol–water partition coefficient (Wildman–Crippen LogP) is 0.782. The van der Waals surface area contributed by atoms with Crippen LogP contribution in [0.15, 0.2) is 0 Å². The first-order valence-electron chi connectivity index (χ1n) is 5.56. The van der Waals surface area contributed by atoms with E-state index in [0.29, 0.717) is 0 Å². The van der Waals surface area contributed by atoms with Crippen molar-refractivity contribution in [3.8, 4) is 0 Å². The monoisotopic (exact) mass is 244 g/mol. The first-order chi connectivity index (χ1) is 8.08. The third-order valence-corrected chi connectivity index (χ3v) is 2.57. The molecule has 1 saturated carbocycles. The Kier molecular flexibility index (Phi) is 5.09. The van der Waals surface area contributed by atoms with Crippen LogP contribution in [0.4, 0.5) is 0 Å². The maximum absolute atomic E-state index is 11.4. The molecule has 1 aliphatic rings. The molecule has 96 valence electrons. The summed E-state index contributed by atoms with van der Waals surface area (Å²) < 4.78 is 13.9. The Bertz CT molecular complexity index is 307. The Balaban J connectivity index is 2.42.